The summed E-state index contributed by atoms with van der Waals surface area (Å²) in [4.78, 5) is 14.7. The van der Waals surface area contributed by atoms with Gasteiger partial charge < -0.3 is 15.5 Å². The molecule has 4 nitrogen and oxygen atoms in total. The molecule has 0 atom stereocenters. The number of nitrogens with one attached hydrogen (secondary N) is 2. The third-order valence-electron chi connectivity index (χ3n) is 7.76. The first kappa shape index (κ1) is 26.2. The van der Waals surface area contributed by atoms with Crippen molar-refractivity contribution in [1.29, 1.82) is 0 Å². The highest BCUT2D eigenvalue weighted by Crippen LogP contribution is 2.34. The van der Waals surface area contributed by atoms with E-state index in [1.165, 1.54) is 54.4 Å². The number of benzene rings is 2. The van der Waals surface area contributed by atoms with Crippen molar-refractivity contribution in [2.75, 3.05) is 31.5 Å². The summed E-state index contributed by atoms with van der Waals surface area (Å²) in [5.41, 5.74) is 8.18. The molecule has 192 valence electrons. The molecule has 0 bridgehead atoms. The van der Waals surface area contributed by atoms with E-state index < -0.39 is 0 Å². The number of carbonyl (C=O) groups is 1. The molecule has 2 fully saturated rings. The van der Waals surface area contributed by atoms with Crippen LogP contribution in [0.4, 0.5) is 5.69 Å². The summed E-state index contributed by atoms with van der Waals surface area (Å²) >= 11 is 0. The van der Waals surface area contributed by atoms with Gasteiger partial charge in [-0.2, -0.15) is 0 Å². The number of carbonyl (C=O) groups excluding carboxylic acids is 1. The standard InChI is InChI=1S/C32H43N3O/c1-4-35(5-2)32(36)28-16-14-26(15-17-28)31(27-18-20-33-21-19-27)29-12-9-13-30(23-29)34-24(3)22-25-10-7-6-8-11-25/h9,12-17,23,25,33-34H,3-8,10-11,18-22H2,1-2H3. The Morgan fingerprint density at radius 3 is 2.28 bits per heavy atom. The molecule has 1 amide bonds. The molecule has 1 heterocycles. The first-order valence-corrected chi connectivity index (χ1v) is 14.0. The van der Waals surface area contributed by atoms with Gasteiger partial charge in [0.25, 0.3) is 5.91 Å². The minimum Gasteiger partial charge on any atom is -0.359 e. The zero-order valence-corrected chi connectivity index (χ0v) is 22.2. The number of anilines is 1. The lowest BCUT2D eigenvalue weighted by Gasteiger charge is -2.24. The van der Waals surface area contributed by atoms with E-state index in [-0.39, 0.29) is 5.91 Å². The molecule has 1 saturated carbocycles. The van der Waals surface area contributed by atoms with E-state index in [0.29, 0.717) is 0 Å². The Balaban J connectivity index is 1.58. The van der Waals surface area contributed by atoms with Crippen LogP contribution in [0, 0.1) is 5.92 Å². The molecule has 36 heavy (non-hydrogen) atoms. The van der Waals surface area contributed by atoms with Gasteiger partial charge in [0.2, 0.25) is 0 Å². The lowest BCUT2D eigenvalue weighted by atomic mass is 9.86. The quantitative estimate of drug-likeness (QED) is 0.393. The van der Waals surface area contributed by atoms with Crippen molar-refractivity contribution in [2.45, 2.75) is 65.2 Å². The van der Waals surface area contributed by atoms with E-state index in [2.05, 4.69) is 53.6 Å². The molecule has 1 aliphatic heterocycles. The number of rotatable bonds is 9. The Kier molecular flexibility index (Phi) is 9.41. The van der Waals surface area contributed by atoms with Gasteiger partial charge in [-0.3, -0.25) is 4.79 Å². The van der Waals surface area contributed by atoms with Crippen molar-refractivity contribution in [2.24, 2.45) is 5.92 Å². The fourth-order valence-corrected chi connectivity index (χ4v) is 5.77. The first-order valence-electron chi connectivity index (χ1n) is 14.0. The van der Waals surface area contributed by atoms with Gasteiger partial charge in [-0.1, -0.05) is 68.5 Å². The molecule has 2 aliphatic rings. The first-order chi connectivity index (χ1) is 17.6. The summed E-state index contributed by atoms with van der Waals surface area (Å²) in [7, 11) is 0. The minimum atomic E-state index is 0.102. The normalized spacial score (nSPS) is 16.4. The number of hydrogen-bond acceptors (Lipinski definition) is 3. The molecule has 2 N–H and O–H groups in total. The molecule has 1 aliphatic carbocycles. The van der Waals surface area contributed by atoms with Crippen molar-refractivity contribution in [1.82, 2.24) is 10.2 Å². The number of nitrogens with zero attached hydrogens (tertiary/aromatic N) is 1. The predicted molar refractivity (Wildman–Crippen MR) is 152 cm³/mol. The van der Waals surface area contributed by atoms with Gasteiger partial charge in [0.15, 0.2) is 0 Å². The Hall–Kier alpha value is -2.85. The van der Waals surface area contributed by atoms with Crippen LogP contribution in [0.25, 0.3) is 5.57 Å². The molecular weight excluding hydrogens is 442 g/mol. The number of hydrogen-bond donors (Lipinski definition) is 2. The van der Waals surface area contributed by atoms with Gasteiger partial charge in [0.05, 0.1) is 0 Å². The van der Waals surface area contributed by atoms with Gasteiger partial charge >= 0.3 is 0 Å². The Labute approximate surface area is 217 Å². The molecule has 0 spiro atoms. The van der Waals surface area contributed by atoms with Crippen LogP contribution in [0.1, 0.15) is 86.7 Å². The summed E-state index contributed by atoms with van der Waals surface area (Å²) in [5.74, 6) is 0.872. The number of amides is 1. The van der Waals surface area contributed by atoms with Gasteiger partial charge in [-0.15, -0.1) is 0 Å². The van der Waals surface area contributed by atoms with E-state index in [0.717, 1.165) is 68.3 Å². The smallest absolute Gasteiger partial charge is 0.253 e. The van der Waals surface area contributed by atoms with Crippen molar-refractivity contribution in [3.63, 3.8) is 0 Å². The topological polar surface area (TPSA) is 44.4 Å². The van der Waals surface area contributed by atoms with Crippen LogP contribution in [-0.4, -0.2) is 37.0 Å². The molecule has 1 saturated heterocycles. The molecule has 2 aromatic carbocycles. The SMILES string of the molecule is C=C(CC1CCCCC1)Nc1cccc(C(=C2CCNCC2)c2ccc(C(=O)N(CC)CC)cc2)c1. The second-order valence-corrected chi connectivity index (χ2v) is 10.3. The van der Waals surface area contributed by atoms with Crippen LogP contribution >= 0.6 is 0 Å². The van der Waals surface area contributed by atoms with Gasteiger partial charge in [0.1, 0.15) is 0 Å². The maximum absolute atomic E-state index is 12.8. The molecule has 0 aromatic heterocycles. The number of piperidine rings is 1. The zero-order chi connectivity index (χ0) is 25.3. The van der Waals surface area contributed by atoms with E-state index in [9.17, 15) is 4.79 Å². The Bertz CT molecular complexity index is 1050. The third kappa shape index (κ3) is 6.67. The molecule has 2 aromatic rings. The summed E-state index contributed by atoms with van der Waals surface area (Å²) in [6.07, 6.45) is 9.91. The maximum atomic E-state index is 12.8. The largest absolute Gasteiger partial charge is 0.359 e. The van der Waals surface area contributed by atoms with Gasteiger partial charge in [0, 0.05) is 30.0 Å². The third-order valence-corrected chi connectivity index (χ3v) is 7.76. The summed E-state index contributed by atoms with van der Waals surface area (Å²) < 4.78 is 0. The van der Waals surface area contributed by atoms with Crippen LogP contribution in [0.15, 0.2) is 66.4 Å². The van der Waals surface area contributed by atoms with Crippen molar-refractivity contribution in [3.8, 4) is 0 Å². The molecule has 4 rings (SSSR count). The zero-order valence-electron chi connectivity index (χ0n) is 22.2. The van der Waals surface area contributed by atoms with Crippen LogP contribution in [0.5, 0.6) is 0 Å². The summed E-state index contributed by atoms with van der Waals surface area (Å²) in [6, 6.07) is 17.0. The predicted octanol–water partition coefficient (Wildman–Crippen LogP) is 7.25. The lowest BCUT2D eigenvalue weighted by Crippen LogP contribution is -2.30. The van der Waals surface area contributed by atoms with Crippen LogP contribution in [0.3, 0.4) is 0 Å². The van der Waals surface area contributed by atoms with E-state index in [4.69, 9.17) is 0 Å². The van der Waals surface area contributed by atoms with Crippen LogP contribution < -0.4 is 10.6 Å². The van der Waals surface area contributed by atoms with Gasteiger partial charge in [-0.05, 0) is 93.1 Å². The second-order valence-electron chi connectivity index (χ2n) is 10.3. The van der Waals surface area contributed by atoms with Crippen molar-refractivity contribution < 1.29 is 4.79 Å². The lowest BCUT2D eigenvalue weighted by molar-refractivity contribution is 0.0773. The highest BCUT2D eigenvalue weighted by molar-refractivity contribution is 5.95. The minimum absolute atomic E-state index is 0.102. The monoisotopic (exact) mass is 485 g/mol. The van der Waals surface area contributed by atoms with E-state index >= 15 is 0 Å². The molecule has 4 heteroatoms. The number of allylic oxidation sites excluding steroid dienone is 1. The van der Waals surface area contributed by atoms with Crippen LogP contribution in [-0.2, 0) is 0 Å². The maximum Gasteiger partial charge on any atom is 0.253 e. The average Bonchev–Trinajstić information content (AvgIpc) is 2.91. The van der Waals surface area contributed by atoms with Crippen LogP contribution in [0.2, 0.25) is 0 Å². The molecular formula is C32H43N3O. The highest BCUT2D eigenvalue weighted by Gasteiger charge is 2.18. The Morgan fingerprint density at radius 2 is 1.61 bits per heavy atom. The Morgan fingerprint density at radius 1 is 0.944 bits per heavy atom. The fourth-order valence-electron chi connectivity index (χ4n) is 5.77. The van der Waals surface area contributed by atoms with E-state index in [1.54, 1.807) is 0 Å². The van der Waals surface area contributed by atoms with Gasteiger partial charge in [-0.25, -0.2) is 0 Å². The van der Waals surface area contributed by atoms with Crippen molar-refractivity contribution >= 4 is 17.2 Å². The van der Waals surface area contributed by atoms with Crippen molar-refractivity contribution in [3.05, 3.63) is 83.1 Å². The molecule has 0 radical (unpaired) electrons. The fraction of sp³-hybridized carbons (Fsp3) is 0.469. The highest BCUT2D eigenvalue weighted by atomic mass is 16.2. The average molecular weight is 486 g/mol. The van der Waals surface area contributed by atoms with E-state index in [1.807, 2.05) is 30.9 Å². The summed E-state index contributed by atoms with van der Waals surface area (Å²) in [5, 5.41) is 7.10. The summed E-state index contributed by atoms with van der Waals surface area (Å²) in [6.45, 7) is 11.9. The second kappa shape index (κ2) is 12.9. The molecule has 0 unspecified atom stereocenters.